The maximum atomic E-state index is 12.1. The van der Waals surface area contributed by atoms with Crippen LogP contribution >= 0.6 is 0 Å². The van der Waals surface area contributed by atoms with Crippen molar-refractivity contribution in [3.8, 4) is 0 Å². The molecule has 6 nitrogen and oxygen atoms in total. The second-order valence-electron chi connectivity index (χ2n) is 7.70. The van der Waals surface area contributed by atoms with Crippen LogP contribution in [0.4, 0.5) is 13.2 Å². The van der Waals surface area contributed by atoms with Gasteiger partial charge in [0.2, 0.25) is 5.91 Å². The molecule has 0 aromatic heterocycles. The van der Waals surface area contributed by atoms with Gasteiger partial charge in [-0.2, -0.15) is 13.2 Å². The molecule has 1 aromatic carbocycles. The van der Waals surface area contributed by atoms with Gasteiger partial charge in [-0.15, -0.1) is 0 Å². The predicted octanol–water partition coefficient (Wildman–Crippen LogP) is 3.66. The van der Waals surface area contributed by atoms with E-state index in [0.717, 1.165) is 18.4 Å². The fourth-order valence-corrected chi connectivity index (χ4v) is 3.38. The van der Waals surface area contributed by atoms with Gasteiger partial charge in [0, 0.05) is 25.6 Å². The lowest BCUT2D eigenvalue weighted by atomic mass is 9.95. The summed E-state index contributed by atoms with van der Waals surface area (Å²) in [5.41, 5.74) is 1.60. The standard InChI is InChI=1S/C22H33F3N4O2/c1-2-26-21(27-13-12-20(30)29-19-6-4-3-5-7-19)28-14-17-8-10-18(11-9-17)15-31-16-22(23,24)25/h8-11,19H,2-7,12-16H2,1H3,(H,29,30)(H2,26,27,28). The normalized spacial score (nSPS) is 15.5. The van der Waals surface area contributed by atoms with E-state index in [1.165, 1.54) is 19.3 Å². The first-order chi connectivity index (χ1) is 14.9. The van der Waals surface area contributed by atoms with Crippen molar-refractivity contribution in [1.29, 1.82) is 0 Å². The molecule has 0 aliphatic heterocycles. The zero-order chi connectivity index (χ0) is 22.5. The molecular formula is C22H33F3N4O2. The minimum absolute atomic E-state index is 0.0542. The Hall–Kier alpha value is -2.29. The molecule has 0 saturated heterocycles. The molecule has 1 saturated carbocycles. The Morgan fingerprint density at radius 2 is 1.77 bits per heavy atom. The van der Waals surface area contributed by atoms with E-state index in [2.05, 4.69) is 25.7 Å². The molecule has 9 heteroatoms. The summed E-state index contributed by atoms with van der Waals surface area (Å²) in [6, 6.07) is 7.41. The van der Waals surface area contributed by atoms with E-state index in [9.17, 15) is 18.0 Å². The number of amides is 1. The van der Waals surface area contributed by atoms with Crippen molar-refractivity contribution >= 4 is 11.9 Å². The van der Waals surface area contributed by atoms with Gasteiger partial charge >= 0.3 is 6.18 Å². The zero-order valence-corrected chi connectivity index (χ0v) is 18.1. The van der Waals surface area contributed by atoms with Crippen LogP contribution in [0.25, 0.3) is 0 Å². The largest absolute Gasteiger partial charge is 0.411 e. The van der Waals surface area contributed by atoms with Crippen molar-refractivity contribution in [2.24, 2.45) is 4.99 Å². The van der Waals surface area contributed by atoms with E-state index in [4.69, 9.17) is 0 Å². The highest BCUT2D eigenvalue weighted by Gasteiger charge is 2.27. The molecule has 0 radical (unpaired) electrons. The minimum Gasteiger partial charge on any atom is -0.367 e. The molecule has 174 valence electrons. The maximum Gasteiger partial charge on any atom is 0.411 e. The third-order valence-electron chi connectivity index (χ3n) is 4.94. The van der Waals surface area contributed by atoms with Gasteiger partial charge in [0.1, 0.15) is 6.61 Å². The summed E-state index contributed by atoms with van der Waals surface area (Å²) in [5, 5.41) is 9.40. The van der Waals surface area contributed by atoms with Crippen LogP contribution in [0.1, 0.15) is 56.6 Å². The lowest BCUT2D eigenvalue weighted by Crippen LogP contribution is -2.41. The molecule has 0 atom stereocenters. The maximum absolute atomic E-state index is 12.1. The third kappa shape index (κ3) is 11.1. The number of hydrogen-bond acceptors (Lipinski definition) is 3. The number of alkyl halides is 3. The topological polar surface area (TPSA) is 74.8 Å². The Morgan fingerprint density at radius 3 is 2.42 bits per heavy atom. The van der Waals surface area contributed by atoms with Crippen LogP contribution in [0.5, 0.6) is 0 Å². The van der Waals surface area contributed by atoms with E-state index in [-0.39, 0.29) is 12.5 Å². The molecule has 1 aliphatic rings. The SMILES string of the molecule is CCNC(=NCc1ccc(COCC(F)(F)F)cc1)NCCC(=O)NC1CCCCC1. The first-order valence-electron chi connectivity index (χ1n) is 10.9. The fourth-order valence-electron chi connectivity index (χ4n) is 3.38. The van der Waals surface area contributed by atoms with Crippen LogP contribution in [0.3, 0.4) is 0 Å². The van der Waals surface area contributed by atoms with Crippen molar-refractivity contribution < 1.29 is 22.7 Å². The van der Waals surface area contributed by atoms with Crippen LogP contribution in [0.2, 0.25) is 0 Å². The van der Waals surface area contributed by atoms with E-state index in [1.807, 2.05) is 19.1 Å². The average molecular weight is 443 g/mol. The molecule has 0 heterocycles. The van der Waals surface area contributed by atoms with Crippen molar-refractivity contribution in [2.75, 3.05) is 19.7 Å². The Bertz CT molecular complexity index is 687. The summed E-state index contributed by atoms with van der Waals surface area (Å²) in [5.74, 6) is 0.670. The summed E-state index contributed by atoms with van der Waals surface area (Å²) < 4.78 is 41.0. The van der Waals surface area contributed by atoms with Gasteiger partial charge in [0.05, 0.1) is 13.2 Å². The van der Waals surface area contributed by atoms with Gasteiger partial charge in [0.15, 0.2) is 5.96 Å². The highest BCUT2D eigenvalue weighted by Crippen LogP contribution is 2.17. The number of ether oxygens (including phenoxy) is 1. The number of halogens is 3. The van der Waals surface area contributed by atoms with E-state index in [0.29, 0.717) is 43.6 Å². The quantitative estimate of drug-likeness (QED) is 0.382. The van der Waals surface area contributed by atoms with Crippen molar-refractivity contribution in [3.05, 3.63) is 35.4 Å². The second-order valence-corrected chi connectivity index (χ2v) is 7.70. The number of aliphatic imine (C=N–C) groups is 1. The third-order valence-corrected chi connectivity index (χ3v) is 4.94. The van der Waals surface area contributed by atoms with Crippen molar-refractivity contribution in [1.82, 2.24) is 16.0 Å². The summed E-state index contributed by atoms with van der Waals surface area (Å²) in [4.78, 5) is 16.6. The van der Waals surface area contributed by atoms with E-state index < -0.39 is 12.8 Å². The first-order valence-corrected chi connectivity index (χ1v) is 10.9. The number of nitrogens with one attached hydrogen (secondary N) is 3. The van der Waals surface area contributed by atoms with Crippen LogP contribution < -0.4 is 16.0 Å². The van der Waals surface area contributed by atoms with Crippen LogP contribution in [-0.2, 0) is 22.7 Å². The van der Waals surface area contributed by atoms with Crippen LogP contribution in [0, 0.1) is 0 Å². The number of hydrogen-bond donors (Lipinski definition) is 3. The Labute approximate surface area is 182 Å². The fraction of sp³-hybridized carbons (Fsp3) is 0.636. The first kappa shape index (κ1) is 25.0. The number of nitrogens with zero attached hydrogens (tertiary/aromatic N) is 1. The molecule has 3 N–H and O–H groups in total. The molecule has 31 heavy (non-hydrogen) atoms. The average Bonchev–Trinajstić information content (AvgIpc) is 2.73. The number of rotatable bonds is 10. The zero-order valence-electron chi connectivity index (χ0n) is 18.1. The Morgan fingerprint density at radius 1 is 1.10 bits per heavy atom. The lowest BCUT2D eigenvalue weighted by Gasteiger charge is -2.22. The molecule has 1 fully saturated rings. The van der Waals surface area contributed by atoms with E-state index in [1.54, 1.807) is 12.1 Å². The Kier molecular flexibility index (Phi) is 10.6. The van der Waals surface area contributed by atoms with Crippen molar-refractivity contribution in [2.45, 2.75) is 70.8 Å². The highest BCUT2D eigenvalue weighted by molar-refractivity contribution is 5.81. The Balaban J connectivity index is 1.73. The minimum atomic E-state index is -4.32. The monoisotopic (exact) mass is 442 g/mol. The van der Waals surface area contributed by atoms with Gasteiger partial charge < -0.3 is 20.7 Å². The van der Waals surface area contributed by atoms with Gasteiger partial charge in [-0.05, 0) is 30.9 Å². The molecule has 2 rings (SSSR count). The number of carbonyl (C=O) groups excluding carboxylic acids is 1. The smallest absolute Gasteiger partial charge is 0.367 e. The van der Waals surface area contributed by atoms with Gasteiger partial charge in [-0.25, -0.2) is 4.99 Å². The molecule has 0 spiro atoms. The predicted molar refractivity (Wildman–Crippen MR) is 115 cm³/mol. The molecule has 0 unspecified atom stereocenters. The van der Waals surface area contributed by atoms with Crippen LogP contribution in [-0.4, -0.2) is 43.8 Å². The second kappa shape index (κ2) is 13.2. The lowest BCUT2D eigenvalue weighted by molar-refractivity contribution is -0.176. The van der Waals surface area contributed by atoms with E-state index >= 15 is 0 Å². The summed E-state index contributed by atoms with van der Waals surface area (Å²) >= 11 is 0. The van der Waals surface area contributed by atoms with Gasteiger partial charge in [-0.1, -0.05) is 43.5 Å². The number of carbonyl (C=O) groups is 1. The van der Waals surface area contributed by atoms with Crippen LogP contribution in [0.15, 0.2) is 29.3 Å². The summed E-state index contributed by atoms with van der Waals surface area (Å²) in [7, 11) is 0. The summed E-state index contributed by atoms with van der Waals surface area (Å²) in [6.45, 7) is 2.21. The summed E-state index contributed by atoms with van der Waals surface area (Å²) in [6.07, 6.45) is 1.82. The number of benzene rings is 1. The van der Waals surface area contributed by atoms with Gasteiger partial charge in [0.25, 0.3) is 0 Å². The van der Waals surface area contributed by atoms with Crippen molar-refractivity contribution in [3.63, 3.8) is 0 Å². The number of guanidine groups is 1. The molecule has 1 amide bonds. The molecule has 1 aliphatic carbocycles. The molecule has 1 aromatic rings. The highest BCUT2D eigenvalue weighted by atomic mass is 19.4. The molecular weight excluding hydrogens is 409 g/mol. The molecule has 0 bridgehead atoms. The van der Waals surface area contributed by atoms with Gasteiger partial charge in [-0.3, -0.25) is 4.79 Å².